The molecule has 1 atom stereocenters. The molecule has 3 rings (SSSR count). The van der Waals surface area contributed by atoms with Crippen LogP contribution in [0.3, 0.4) is 0 Å². The molecular weight excluding hydrogens is 294 g/mol. The molecule has 0 aliphatic carbocycles. The lowest BCUT2D eigenvalue weighted by Gasteiger charge is -2.31. The maximum Gasteiger partial charge on any atom is 0.0616 e. The molecule has 3 heteroatoms. The highest BCUT2D eigenvalue weighted by Gasteiger charge is 2.24. The van der Waals surface area contributed by atoms with E-state index in [4.69, 9.17) is 0 Å². The fraction of sp³-hybridized carbons (Fsp3) is 0.429. The predicted octanol–water partition coefficient (Wildman–Crippen LogP) is 5.27. The van der Waals surface area contributed by atoms with Crippen molar-refractivity contribution in [2.24, 2.45) is 0 Å². The smallest absolute Gasteiger partial charge is 0.0616 e. The molecule has 0 aromatic heterocycles. The Hall–Kier alpha value is -2.16. The van der Waals surface area contributed by atoms with Crippen LogP contribution >= 0.6 is 0 Å². The van der Waals surface area contributed by atoms with Gasteiger partial charge in [0.2, 0.25) is 0 Å². The first kappa shape index (κ1) is 16.7. The van der Waals surface area contributed by atoms with E-state index >= 15 is 0 Å². The Kier molecular flexibility index (Phi) is 4.98. The van der Waals surface area contributed by atoms with Gasteiger partial charge in [-0.1, -0.05) is 30.3 Å². The van der Waals surface area contributed by atoms with Crippen LogP contribution in [0.4, 0.5) is 17.1 Å². The zero-order chi connectivity index (χ0) is 17.1. The van der Waals surface area contributed by atoms with Gasteiger partial charge >= 0.3 is 0 Å². The normalized spacial score (nSPS) is 16.7. The van der Waals surface area contributed by atoms with E-state index in [0.717, 1.165) is 13.0 Å². The van der Waals surface area contributed by atoms with Crippen LogP contribution in [-0.4, -0.2) is 18.6 Å². The molecule has 0 spiro atoms. The van der Waals surface area contributed by atoms with Crippen molar-refractivity contribution < 1.29 is 0 Å². The van der Waals surface area contributed by atoms with Gasteiger partial charge in [-0.25, -0.2) is 0 Å². The largest absolute Gasteiger partial charge is 0.383 e. The molecule has 0 bridgehead atoms. The van der Waals surface area contributed by atoms with Crippen LogP contribution in [-0.2, 0) is 0 Å². The van der Waals surface area contributed by atoms with Crippen molar-refractivity contribution in [3.8, 4) is 0 Å². The first-order chi connectivity index (χ1) is 11.5. The Morgan fingerprint density at radius 3 is 2.33 bits per heavy atom. The topological polar surface area (TPSA) is 36.1 Å². The van der Waals surface area contributed by atoms with Crippen molar-refractivity contribution in [3.63, 3.8) is 0 Å². The Morgan fingerprint density at radius 1 is 0.958 bits per heavy atom. The minimum absolute atomic E-state index is 0.405. The maximum atomic E-state index is 3.63. The van der Waals surface area contributed by atoms with E-state index in [-0.39, 0.29) is 0 Å². The molecule has 0 radical (unpaired) electrons. The number of hydrogen-bond acceptors (Lipinski definition) is 3. The third-order valence-corrected chi connectivity index (χ3v) is 4.38. The SMILES string of the molecule is CC(C)Nc1cc(NC(C)C)c2c(c1)C(c1ccccc1)CCN2. The summed E-state index contributed by atoms with van der Waals surface area (Å²) in [5.74, 6) is 0.448. The summed E-state index contributed by atoms with van der Waals surface area (Å²) < 4.78 is 0. The lowest BCUT2D eigenvalue weighted by molar-refractivity contribution is 0.719. The molecule has 0 saturated carbocycles. The van der Waals surface area contributed by atoms with Crippen LogP contribution in [0.5, 0.6) is 0 Å². The molecule has 1 unspecified atom stereocenters. The van der Waals surface area contributed by atoms with E-state index in [1.54, 1.807) is 0 Å². The summed E-state index contributed by atoms with van der Waals surface area (Å²) in [4.78, 5) is 0. The average Bonchev–Trinajstić information content (AvgIpc) is 2.54. The van der Waals surface area contributed by atoms with Gasteiger partial charge in [-0.15, -0.1) is 0 Å². The van der Waals surface area contributed by atoms with Crippen LogP contribution in [0.1, 0.15) is 51.2 Å². The molecular formula is C21H29N3. The van der Waals surface area contributed by atoms with Gasteiger partial charge < -0.3 is 16.0 Å². The molecule has 0 saturated heterocycles. The summed E-state index contributed by atoms with van der Waals surface area (Å²) in [6.07, 6.45) is 1.13. The van der Waals surface area contributed by atoms with E-state index in [1.807, 2.05) is 0 Å². The standard InChI is InChI=1S/C21H29N3/c1-14(2)23-17-12-19-18(16-8-6-5-7-9-16)10-11-22-21(19)20(13-17)24-15(3)4/h5-9,12-15,18,22-24H,10-11H2,1-4H3. The molecule has 3 nitrogen and oxygen atoms in total. The second kappa shape index (κ2) is 7.16. The van der Waals surface area contributed by atoms with Crippen LogP contribution in [0.2, 0.25) is 0 Å². The minimum Gasteiger partial charge on any atom is -0.383 e. The van der Waals surface area contributed by atoms with Crippen LogP contribution < -0.4 is 16.0 Å². The first-order valence-electron chi connectivity index (χ1n) is 9.04. The van der Waals surface area contributed by atoms with Gasteiger partial charge in [0.05, 0.1) is 11.4 Å². The molecule has 24 heavy (non-hydrogen) atoms. The molecule has 2 aromatic carbocycles. The van der Waals surface area contributed by atoms with Gasteiger partial charge in [-0.2, -0.15) is 0 Å². The first-order valence-corrected chi connectivity index (χ1v) is 9.04. The lowest BCUT2D eigenvalue weighted by atomic mass is 9.84. The van der Waals surface area contributed by atoms with E-state index < -0.39 is 0 Å². The molecule has 1 heterocycles. The highest BCUT2D eigenvalue weighted by Crippen LogP contribution is 2.42. The minimum atomic E-state index is 0.405. The number of fused-ring (bicyclic) bond motifs is 1. The second-order valence-electron chi connectivity index (χ2n) is 7.26. The summed E-state index contributed by atoms with van der Waals surface area (Å²) in [5.41, 5.74) is 6.44. The number of hydrogen-bond donors (Lipinski definition) is 3. The summed E-state index contributed by atoms with van der Waals surface area (Å²) in [6.45, 7) is 9.75. The number of nitrogens with one attached hydrogen (secondary N) is 3. The average molecular weight is 323 g/mol. The van der Waals surface area contributed by atoms with Gasteiger partial charge in [0.1, 0.15) is 0 Å². The van der Waals surface area contributed by atoms with Crippen molar-refractivity contribution in [3.05, 3.63) is 53.6 Å². The molecule has 128 valence electrons. The number of rotatable bonds is 5. The van der Waals surface area contributed by atoms with Crippen molar-refractivity contribution in [2.45, 2.75) is 52.1 Å². The summed E-state index contributed by atoms with van der Waals surface area (Å²) in [5, 5.41) is 10.8. The summed E-state index contributed by atoms with van der Waals surface area (Å²) in [7, 11) is 0. The van der Waals surface area contributed by atoms with Crippen molar-refractivity contribution in [1.82, 2.24) is 0 Å². The van der Waals surface area contributed by atoms with Crippen molar-refractivity contribution in [1.29, 1.82) is 0 Å². The fourth-order valence-electron chi connectivity index (χ4n) is 3.51. The van der Waals surface area contributed by atoms with Crippen LogP contribution in [0.25, 0.3) is 0 Å². The molecule has 2 aromatic rings. The van der Waals surface area contributed by atoms with E-state index in [1.165, 1.54) is 28.2 Å². The van der Waals surface area contributed by atoms with Crippen molar-refractivity contribution >= 4 is 17.1 Å². The lowest BCUT2D eigenvalue weighted by Crippen LogP contribution is -2.22. The number of benzene rings is 2. The van der Waals surface area contributed by atoms with Gasteiger partial charge in [0.25, 0.3) is 0 Å². The van der Waals surface area contributed by atoms with Crippen LogP contribution in [0.15, 0.2) is 42.5 Å². The highest BCUT2D eigenvalue weighted by atomic mass is 15.0. The van der Waals surface area contributed by atoms with E-state index in [2.05, 4.69) is 86.1 Å². The fourth-order valence-corrected chi connectivity index (χ4v) is 3.51. The Balaban J connectivity index is 2.07. The summed E-state index contributed by atoms with van der Waals surface area (Å²) >= 11 is 0. The van der Waals surface area contributed by atoms with Gasteiger partial charge in [-0.3, -0.25) is 0 Å². The summed E-state index contributed by atoms with van der Waals surface area (Å²) in [6, 6.07) is 16.2. The van der Waals surface area contributed by atoms with E-state index in [9.17, 15) is 0 Å². The predicted molar refractivity (Wildman–Crippen MR) is 105 cm³/mol. The number of anilines is 3. The highest BCUT2D eigenvalue weighted by molar-refractivity contribution is 5.80. The third kappa shape index (κ3) is 3.66. The van der Waals surface area contributed by atoms with Gasteiger partial charge in [0, 0.05) is 30.2 Å². The van der Waals surface area contributed by atoms with Gasteiger partial charge in [-0.05, 0) is 57.4 Å². The Morgan fingerprint density at radius 2 is 1.67 bits per heavy atom. The molecule has 0 amide bonds. The second-order valence-corrected chi connectivity index (χ2v) is 7.26. The van der Waals surface area contributed by atoms with Crippen LogP contribution in [0, 0.1) is 0 Å². The van der Waals surface area contributed by atoms with Gasteiger partial charge in [0.15, 0.2) is 0 Å². The quantitative estimate of drug-likeness (QED) is 0.701. The Labute approximate surface area is 145 Å². The molecule has 0 fully saturated rings. The monoisotopic (exact) mass is 323 g/mol. The Bertz CT molecular complexity index is 677. The van der Waals surface area contributed by atoms with Crippen molar-refractivity contribution in [2.75, 3.05) is 22.5 Å². The zero-order valence-corrected chi connectivity index (χ0v) is 15.2. The zero-order valence-electron chi connectivity index (χ0n) is 15.2. The maximum absolute atomic E-state index is 3.63. The third-order valence-electron chi connectivity index (χ3n) is 4.38. The molecule has 1 aliphatic rings. The molecule has 1 aliphatic heterocycles. The van der Waals surface area contributed by atoms with E-state index in [0.29, 0.717) is 18.0 Å². The molecule has 3 N–H and O–H groups in total.